The van der Waals surface area contributed by atoms with Gasteiger partial charge in [-0.15, -0.1) is 0 Å². The Morgan fingerprint density at radius 3 is 2.67 bits per heavy atom. The summed E-state index contributed by atoms with van der Waals surface area (Å²) in [6.07, 6.45) is 4.24. The molecule has 0 atom stereocenters. The number of benzene rings is 1. The highest BCUT2D eigenvalue weighted by molar-refractivity contribution is 5.89. The van der Waals surface area contributed by atoms with Crippen LogP contribution in [0.3, 0.4) is 0 Å². The lowest BCUT2D eigenvalue weighted by molar-refractivity contribution is 0.178. The lowest BCUT2D eigenvalue weighted by Gasteiger charge is -2.34. The average molecular weight is 286 g/mol. The van der Waals surface area contributed by atoms with Crippen LogP contribution in [0.1, 0.15) is 31.2 Å². The summed E-state index contributed by atoms with van der Waals surface area (Å²) in [6.45, 7) is 0. The molecule has 0 unspecified atom stereocenters. The normalized spacial score (nSPS) is 21.4. The summed E-state index contributed by atoms with van der Waals surface area (Å²) in [5.74, 6) is 0. The fraction of sp³-hybridized carbons (Fsp3) is 0.500. The summed E-state index contributed by atoms with van der Waals surface area (Å²) in [5, 5.41) is 15.0. The number of rotatable bonds is 3. The zero-order chi connectivity index (χ0) is 15.2. The largest absolute Gasteiger partial charge is 0.325 e. The van der Waals surface area contributed by atoms with E-state index in [1.165, 1.54) is 0 Å². The number of hydrogen-bond acceptors (Lipinski definition) is 3. The molecule has 0 spiro atoms. The molecule has 0 saturated heterocycles. The van der Waals surface area contributed by atoms with E-state index in [2.05, 4.69) is 16.7 Å². The van der Waals surface area contributed by atoms with Crippen LogP contribution in [0.4, 0.5) is 10.5 Å². The van der Waals surface area contributed by atoms with Gasteiger partial charge in [-0.05, 0) is 50.9 Å². The van der Waals surface area contributed by atoms with E-state index < -0.39 is 0 Å². The summed E-state index contributed by atoms with van der Waals surface area (Å²) in [5.41, 5.74) is 1.21. The number of nitrogens with zero attached hydrogens (tertiary/aromatic N) is 2. The number of amides is 2. The van der Waals surface area contributed by atoms with Gasteiger partial charge in [0.05, 0.1) is 11.6 Å². The van der Waals surface area contributed by atoms with Crippen LogP contribution in [-0.4, -0.2) is 37.1 Å². The van der Waals surface area contributed by atoms with Gasteiger partial charge in [0.2, 0.25) is 0 Å². The first-order chi connectivity index (χ1) is 10.1. The molecule has 5 heteroatoms. The highest BCUT2D eigenvalue weighted by Crippen LogP contribution is 2.23. The van der Waals surface area contributed by atoms with Gasteiger partial charge in [-0.25, -0.2) is 4.79 Å². The number of nitrogens with one attached hydrogen (secondary N) is 2. The van der Waals surface area contributed by atoms with Crippen LogP contribution >= 0.6 is 0 Å². The molecular formula is C16H22N4O. The van der Waals surface area contributed by atoms with Crippen LogP contribution in [0, 0.1) is 11.3 Å². The average Bonchev–Trinajstić information content (AvgIpc) is 2.54. The first-order valence-corrected chi connectivity index (χ1v) is 7.35. The molecule has 0 radical (unpaired) electrons. The molecular weight excluding hydrogens is 264 g/mol. The number of anilines is 1. The third-order valence-electron chi connectivity index (χ3n) is 4.22. The maximum Gasteiger partial charge on any atom is 0.321 e. The molecule has 21 heavy (non-hydrogen) atoms. The second-order valence-corrected chi connectivity index (χ2v) is 5.53. The lowest BCUT2D eigenvalue weighted by atomic mass is 9.90. The highest BCUT2D eigenvalue weighted by atomic mass is 16.2. The number of urea groups is 1. The summed E-state index contributed by atoms with van der Waals surface area (Å²) in [6, 6.07) is 9.79. The lowest BCUT2D eigenvalue weighted by Crippen LogP contribution is -2.44. The van der Waals surface area contributed by atoms with Crippen molar-refractivity contribution in [3.63, 3.8) is 0 Å². The Morgan fingerprint density at radius 1 is 1.33 bits per heavy atom. The van der Waals surface area contributed by atoms with Gasteiger partial charge in [-0.3, -0.25) is 0 Å². The Morgan fingerprint density at radius 2 is 2.05 bits per heavy atom. The Hall–Kier alpha value is -2.06. The van der Waals surface area contributed by atoms with E-state index in [0.29, 0.717) is 17.3 Å². The van der Waals surface area contributed by atoms with Crippen LogP contribution in [0.25, 0.3) is 0 Å². The van der Waals surface area contributed by atoms with Crippen molar-refractivity contribution in [1.82, 2.24) is 10.2 Å². The zero-order valence-electron chi connectivity index (χ0n) is 12.6. The summed E-state index contributed by atoms with van der Waals surface area (Å²) in [4.78, 5) is 14.1. The smallest absolute Gasteiger partial charge is 0.321 e. The fourth-order valence-corrected chi connectivity index (χ4v) is 2.80. The molecule has 2 N–H and O–H groups in total. The SMILES string of the molecule is CNC1CCC(N(C)C(=O)Nc2cccc(C#N)c2)CC1. The van der Waals surface area contributed by atoms with Crippen molar-refractivity contribution in [3.05, 3.63) is 29.8 Å². The van der Waals surface area contributed by atoms with E-state index >= 15 is 0 Å². The molecule has 0 aliphatic heterocycles. The van der Waals surface area contributed by atoms with E-state index in [1.54, 1.807) is 29.2 Å². The number of nitriles is 1. The molecule has 0 bridgehead atoms. The van der Waals surface area contributed by atoms with Crippen molar-refractivity contribution in [3.8, 4) is 6.07 Å². The minimum Gasteiger partial charge on any atom is -0.325 e. The third-order valence-corrected chi connectivity index (χ3v) is 4.22. The molecule has 1 aromatic rings. The van der Waals surface area contributed by atoms with Crippen LogP contribution in [-0.2, 0) is 0 Å². The van der Waals surface area contributed by atoms with Gasteiger partial charge >= 0.3 is 6.03 Å². The number of carbonyl (C=O) groups is 1. The molecule has 5 nitrogen and oxygen atoms in total. The van der Waals surface area contributed by atoms with Crippen molar-refractivity contribution < 1.29 is 4.79 Å². The van der Waals surface area contributed by atoms with E-state index in [1.807, 2.05) is 14.1 Å². The highest BCUT2D eigenvalue weighted by Gasteiger charge is 2.25. The quantitative estimate of drug-likeness (QED) is 0.897. The van der Waals surface area contributed by atoms with Crippen molar-refractivity contribution in [2.24, 2.45) is 0 Å². The van der Waals surface area contributed by atoms with Crippen molar-refractivity contribution >= 4 is 11.7 Å². The second kappa shape index (κ2) is 7.09. The Labute approximate surface area is 125 Å². The maximum absolute atomic E-state index is 12.3. The van der Waals surface area contributed by atoms with Crippen LogP contribution in [0.15, 0.2) is 24.3 Å². The zero-order valence-corrected chi connectivity index (χ0v) is 12.6. The molecule has 1 fully saturated rings. The molecule has 2 amide bonds. The van der Waals surface area contributed by atoms with Crippen LogP contribution in [0.5, 0.6) is 0 Å². The molecule has 112 valence electrons. The van der Waals surface area contributed by atoms with Crippen LogP contribution in [0.2, 0.25) is 0 Å². The van der Waals surface area contributed by atoms with E-state index in [-0.39, 0.29) is 12.1 Å². The minimum absolute atomic E-state index is 0.113. The van der Waals surface area contributed by atoms with Gasteiger partial charge in [-0.1, -0.05) is 6.07 Å². The van der Waals surface area contributed by atoms with Gasteiger partial charge in [0, 0.05) is 24.8 Å². The molecule has 1 aliphatic rings. The van der Waals surface area contributed by atoms with Gasteiger partial charge in [0.25, 0.3) is 0 Å². The van der Waals surface area contributed by atoms with E-state index in [9.17, 15) is 4.79 Å². The van der Waals surface area contributed by atoms with Gasteiger partial charge < -0.3 is 15.5 Å². The monoisotopic (exact) mass is 286 g/mol. The summed E-state index contributed by atoms with van der Waals surface area (Å²) >= 11 is 0. The van der Waals surface area contributed by atoms with Crippen molar-refractivity contribution in [2.45, 2.75) is 37.8 Å². The number of hydrogen-bond donors (Lipinski definition) is 2. The molecule has 1 aliphatic carbocycles. The minimum atomic E-state index is -0.113. The van der Waals surface area contributed by atoms with Gasteiger partial charge in [0.15, 0.2) is 0 Å². The van der Waals surface area contributed by atoms with Gasteiger partial charge in [-0.2, -0.15) is 5.26 Å². The molecule has 0 heterocycles. The first-order valence-electron chi connectivity index (χ1n) is 7.35. The predicted molar refractivity (Wildman–Crippen MR) is 83.0 cm³/mol. The Balaban J connectivity index is 1.92. The Bertz CT molecular complexity index is 529. The van der Waals surface area contributed by atoms with Crippen molar-refractivity contribution in [1.29, 1.82) is 5.26 Å². The topological polar surface area (TPSA) is 68.2 Å². The van der Waals surface area contributed by atoms with Crippen LogP contribution < -0.4 is 10.6 Å². The molecule has 1 aromatic carbocycles. The molecule has 2 rings (SSSR count). The first kappa shape index (κ1) is 15.3. The van der Waals surface area contributed by atoms with E-state index in [0.717, 1.165) is 25.7 Å². The standard InChI is InChI=1S/C16H22N4O/c1-18-13-6-8-15(9-7-13)20(2)16(21)19-14-5-3-4-12(10-14)11-17/h3-5,10,13,15,18H,6-9H2,1-2H3,(H,19,21). The summed E-state index contributed by atoms with van der Waals surface area (Å²) < 4.78 is 0. The van der Waals surface area contributed by atoms with Crippen molar-refractivity contribution in [2.75, 3.05) is 19.4 Å². The molecule has 1 saturated carbocycles. The second-order valence-electron chi connectivity index (χ2n) is 5.53. The number of carbonyl (C=O) groups excluding carboxylic acids is 1. The Kier molecular flexibility index (Phi) is 5.18. The van der Waals surface area contributed by atoms with E-state index in [4.69, 9.17) is 5.26 Å². The third kappa shape index (κ3) is 3.96. The fourth-order valence-electron chi connectivity index (χ4n) is 2.80. The molecule has 0 aromatic heterocycles. The van der Waals surface area contributed by atoms with Gasteiger partial charge in [0.1, 0.15) is 0 Å². The maximum atomic E-state index is 12.3. The summed E-state index contributed by atoms with van der Waals surface area (Å²) in [7, 11) is 3.83. The predicted octanol–water partition coefficient (Wildman–Crippen LogP) is 2.55.